The molecule has 3 amide bonds. The molecule has 2 aromatic carbocycles. The number of hydrogen-bond acceptors (Lipinski definition) is 11. The van der Waals surface area contributed by atoms with Gasteiger partial charge in [0.15, 0.2) is 0 Å². The fourth-order valence-electron chi connectivity index (χ4n) is 3.58. The highest BCUT2D eigenvalue weighted by Crippen LogP contribution is 2.26. The summed E-state index contributed by atoms with van der Waals surface area (Å²) in [5, 5.41) is 2.54. The van der Waals surface area contributed by atoms with E-state index in [0.29, 0.717) is 0 Å². The first-order valence-electron chi connectivity index (χ1n) is 11.8. The smallest absolute Gasteiger partial charge is 0.418 e. The maximum Gasteiger partial charge on any atom is 0.418 e. The van der Waals surface area contributed by atoms with Crippen LogP contribution in [0.5, 0.6) is 11.5 Å². The number of cyclic esters (lactones) is 4. The third-order valence-electron chi connectivity index (χ3n) is 5.32. The Morgan fingerprint density at radius 3 is 1.77 bits per heavy atom. The number of rotatable bonds is 8. The number of nitrogens with zero attached hydrogens (tertiary/aromatic N) is 1. The number of benzene rings is 2. The lowest BCUT2D eigenvalue weighted by Crippen LogP contribution is -2.48. The van der Waals surface area contributed by atoms with E-state index in [2.05, 4.69) is 14.8 Å². The minimum atomic E-state index is -0.908. The fourth-order valence-corrected chi connectivity index (χ4v) is 3.58. The van der Waals surface area contributed by atoms with Crippen LogP contribution in [0.2, 0.25) is 0 Å². The van der Waals surface area contributed by atoms with Gasteiger partial charge in [0.05, 0.1) is 35.3 Å². The molecule has 13 heteroatoms. The molecule has 0 aromatic heterocycles. The van der Waals surface area contributed by atoms with Crippen molar-refractivity contribution in [1.29, 1.82) is 0 Å². The van der Waals surface area contributed by atoms with E-state index in [0.717, 1.165) is 4.90 Å². The van der Waals surface area contributed by atoms with Crippen LogP contribution in [-0.4, -0.2) is 72.8 Å². The third kappa shape index (κ3) is 6.32. The Morgan fingerprint density at radius 2 is 1.26 bits per heavy atom. The Labute approximate surface area is 221 Å². The summed E-state index contributed by atoms with van der Waals surface area (Å²) >= 11 is 0. The lowest BCUT2D eigenvalue weighted by Gasteiger charge is -2.26. The normalized spacial score (nSPS) is 13.7. The molecule has 1 N–H and O–H groups in total. The summed E-state index contributed by atoms with van der Waals surface area (Å²) < 4.78 is 25.5. The first-order valence-corrected chi connectivity index (χ1v) is 11.8. The van der Waals surface area contributed by atoms with E-state index in [1.54, 1.807) is 20.8 Å². The van der Waals surface area contributed by atoms with Gasteiger partial charge in [0, 0.05) is 0 Å². The zero-order chi connectivity index (χ0) is 28.3. The standard InChI is InChI=1S/C26H24N2O11/c1-26(2,3)39-25(34)28(9-11-36-15-5-7-17-19(13-15)23(32)38-21(17)30)24(33)27-8-10-35-14-4-6-16-18(12-14)22(31)37-20(16)29/h4-7,12-13H,8-11H2,1-3H3,(H,27,33). The van der Waals surface area contributed by atoms with Crippen molar-refractivity contribution < 1.29 is 52.5 Å². The first-order chi connectivity index (χ1) is 18.4. The summed E-state index contributed by atoms with van der Waals surface area (Å²) in [7, 11) is 0. The van der Waals surface area contributed by atoms with Gasteiger partial charge in [0.1, 0.15) is 30.3 Å². The number of carbonyl (C=O) groups excluding carboxylic acids is 6. The van der Waals surface area contributed by atoms with Gasteiger partial charge in [0.25, 0.3) is 0 Å². The molecule has 4 rings (SSSR count). The van der Waals surface area contributed by atoms with Crippen LogP contribution in [0, 0.1) is 0 Å². The van der Waals surface area contributed by atoms with Crippen molar-refractivity contribution in [2.24, 2.45) is 0 Å². The Morgan fingerprint density at radius 1 is 0.769 bits per heavy atom. The second-order valence-electron chi connectivity index (χ2n) is 9.33. The molecule has 13 nitrogen and oxygen atoms in total. The van der Waals surface area contributed by atoms with Crippen LogP contribution in [0.3, 0.4) is 0 Å². The molecule has 2 aliphatic heterocycles. The number of esters is 4. The highest BCUT2D eigenvalue weighted by Gasteiger charge is 2.31. The van der Waals surface area contributed by atoms with E-state index >= 15 is 0 Å². The molecule has 0 saturated carbocycles. The molecule has 0 radical (unpaired) electrons. The number of fused-ring (bicyclic) bond motifs is 2. The molecule has 2 aromatic rings. The quantitative estimate of drug-likeness (QED) is 0.227. The van der Waals surface area contributed by atoms with Crippen LogP contribution in [0.15, 0.2) is 36.4 Å². The fraction of sp³-hybridized carbons (Fsp3) is 0.308. The van der Waals surface area contributed by atoms with E-state index in [9.17, 15) is 28.8 Å². The lowest BCUT2D eigenvalue weighted by molar-refractivity contribution is 0.0298. The first kappa shape index (κ1) is 27.1. The molecule has 39 heavy (non-hydrogen) atoms. The minimum absolute atomic E-state index is 0.0135. The number of urea groups is 1. The lowest BCUT2D eigenvalue weighted by atomic mass is 10.1. The molecule has 0 fully saturated rings. The predicted octanol–water partition coefficient (Wildman–Crippen LogP) is 2.71. The van der Waals surface area contributed by atoms with Crippen LogP contribution in [0.1, 0.15) is 62.2 Å². The highest BCUT2D eigenvalue weighted by molar-refractivity contribution is 6.15. The third-order valence-corrected chi connectivity index (χ3v) is 5.32. The minimum Gasteiger partial charge on any atom is -0.492 e. The van der Waals surface area contributed by atoms with Crippen LogP contribution in [-0.2, 0) is 14.2 Å². The largest absolute Gasteiger partial charge is 0.492 e. The average molecular weight is 540 g/mol. The molecular formula is C26H24N2O11. The number of ether oxygens (including phenoxy) is 5. The van der Waals surface area contributed by atoms with Crippen molar-refractivity contribution in [2.45, 2.75) is 26.4 Å². The van der Waals surface area contributed by atoms with Gasteiger partial charge in [-0.3, -0.25) is 0 Å². The zero-order valence-electron chi connectivity index (χ0n) is 21.2. The molecule has 0 atom stereocenters. The zero-order valence-corrected chi connectivity index (χ0v) is 21.2. The molecule has 0 spiro atoms. The second-order valence-corrected chi connectivity index (χ2v) is 9.33. The van der Waals surface area contributed by atoms with E-state index in [-0.39, 0.29) is 60.1 Å². The van der Waals surface area contributed by atoms with Crippen LogP contribution >= 0.6 is 0 Å². The van der Waals surface area contributed by atoms with E-state index < -0.39 is 41.6 Å². The SMILES string of the molecule is CC(C)(C)OC(=O)N(CCOc1ccc2c(c1)C(=O)OC2=O)C(=O)NCCOc1ccc2c(c1)C(=O)OC2=O. The summed E-state index contributed by atoms with van der Waals surface area (Å²) in [5.41, 5.74) is -0.458. The summed E-state index contributed by atoms with van der Waals surface area (Å²) in [6.45, 7) is 4.57. The van der Waals surface area contributed by atoms with E-state index in [1.165, 1.54) is 36.4 Å². The Hall–Kier alpha value is -4.94. The van der Waals surface area contributed by atoms with Gasteiger partial charge in [-0.15, -0.1) is 0 Å². The Kier molecular flexibility index (Phi) is 7.51. The van der Waals surface area contributed by atoms with Crippen LogP contribution in [0.4, 0.5) is 9.59 Å². The maximum absolute atomic E-state index is 12.8. The summed E-state index contributed by atoms with van der Waals surface area (Å²) in [4.78, 5) is 72.9. The molecular weight excluding hydrogens is 516 g/mol. The summed E-state index contributed by atoms with van der Waals surface area (Å²) in [5.74, 6) is -2.51. The highest BCUT2D eigenvalue weighted by atomic mass is 16.6. The number of amides is 3. The van der Waals surface area contributed by atoms with E-state index in [1.807, 2.05) is 0 Å². The second kappa shape index (κ2) is 10.8. The van der Waals surface area contributed by atoms with Gasteiger partial charge in [0.2, 0.25) is 0 Å². The van der Waals surface area contributed by atoms with Crippen molar-refractivity contribution >= 4 is 36.0 Å². The maximum atomic E-state index is 12.8. The van der Waals surface area contributed by atoms with Gasteiger partial charge in [-0.2, -0.15) is 0 Å². The van der Waals surface area contributed by atoms with Gasteiger partial charge in [-0.05, 0) is 57.2 Å². The number of hydrogen-bond donors (Lipinski definition) is 1. The van der Waals surface area contributed by atoms with E-state index in [4.69, 9.17) is 14.2 Å². The Balaban J connectivity index is 1.32. The molecule has 0 unspecified atom stereocenters. The number of imide groups is 1. The van der Waals surface area contributed by atoms with Crippen molar-refractivity contribution in [3.63, 3.8) is 0 Å². The number of carbonyl (C=O) groups is 6. The molecule has 2 heterocycles. The van der Waals surface area contributed by atoms with Crippen molar-refractivity contribution in [3.05, 3.63) is 58.7 Å². The van der Waals surface area contributed by atoms with Gasteiger partial charge < -0.3 is 29.0 Å². The van der Waals surface area contributed by atoms with Crippen LogP contribution in [0.25, 0.3) is 0 Å². The average Bonchev–Trinajstić information content (AvgIpc) is 3.31. The van der Waals surface area contributed by atoms with Crippen molar-refractivity contribution in [1.82, 2.24) is 10.2 Å². The summed E-state index contributed by atoms with van der Waals surface area (Å²) in [6.07, 6.45) is -0.908. The molecule has 0 bridgehead atoms. The topological polar surface area (TPSA) is 164 Å². The molecule has 0 aliphatic carbocycles. The van der Waals surface area contributed by atoms with Gasteiger partial charge in [-0.25, -0.2) is 33.7 Å². The predicted molar refractivity (Wildman–Crippen MR) is 130 cm³/mol. The molecule has 2 aliphatic rings. The van der Waals surface area contributed by atoms with Crippen LogP contribution < -0.4 is 14.8 Å². The summed E-state index contributed by atoms with van der Waals surface area (Å²) in [6, 6.07) is 7.67. The van der Waals surface area contributed by atoms with Gasteiger partial charge >= 0.3 is 36.0 Å². The van der Waals surface area contributed by atoms with Crippen molar-refractivity contribution in [3.8, 4) is 11.5 Å². The molecule has 0 saturated heterocycles. The van der Waals surface area contributed by atoms with Gasteiger partial charge in [-0.1, -0.05) is 0 Å². The Bertz CT molecular complexity index is 1380. The number of nitrogens with one attached hydrogen (secondary N) is 1. The molecule has 204 valence electrons. The monoisotopic (exact) mass is 540 g/mol. The van der Waals surface area contributed by atoms with Crippen molar-refractivity contribution in [2.75, 3.05) is 26.3 Å².